The Kier molecular flexibility index (Phi) is 2.90. The fourth-order valence-electron chi connectivity index (χ4n) is 0.760. The van der Waals surface area contributed by atoms with Gasteiger partial charge in [-0.15, -0.1) is 11.3 Å². The average Bonchev–Trinajstić information content (AvgIpc) is 2.38. The fraction of sp³-hybridized carbons (Fsp3) is 0.500. The molecule has 4 heteroatoms. The molecule has 0 aliphatic rings. The quantitative estimate of drug-likeness (QED) is 0.755. The maximum atomic E-state index is 11.4. The largest absolute Gasteiger partial charge is 0.228 e. The molecule has 12 heavy (non-hydrogen) atoms. The lowest BCUT2D eigenvalue weighted by Crippen LogP contribution is -2.15. The Labute approximate surface area is 77.2 Å². The third-order valence-electron chi connectivity index (χ3n) is 1.64. The van der Waals surface area contributed by atoms with Crippen molar-refractivity contribution in [3.63, 3.8) is 0 Å². The average molecular weight is 204 g/mol. The van der Waals surface area contributed by atoms with Crippen LogP contribution >= 0.6 is 11.3 Å². The molecule has 0 aliphatic heterocycles. The highest BCUT2D eigenvalue weighted by atomic mass is 32.2. The maximum Gasteiger partial charge on any atom is 0.157 e. The summed E-state index contributed by atoms with van der Waals surface area (Å²) < 4.78 is 22.8. The van der Waals surface area contributed by atoms with Gasteiger partial charge in [0.05, 0.1) is 11.0 Å². The summed E-state index contributed by atoms with van der Waals surface area (Å²) in [5.41, 5.74) is 0. The maximum absolute atomic E-state index is 11.4. The predicted molar refractivity (Wildman–Crippen MR) is 52.1 cm³/mol. The smallest absolute Gasteiger partial charge is 0.157 e. The molecule has 1 rings (SSSR count). The summed E-state index contributed by atoms with van der Waals surface area (Å²) in [5, 5.41) is 1.62. The lowest BCUT2D eigenvalue weighted by Gasteiger charge is -2.04. The highest BCUT2D eigenvalue weighted by molar-refractivity contribution is 7.91. The molecule has 1 heterocycles. The van der Waals surface area contributed by atoms with E-state index in [-0.39, 0.29) is 11.0 Å². The van der Waals surface area contributed by atoms with E-state index in [0.29, 0.717) is 0 Å². The molecule has 0 saturated carbocycles. The third kappa shape index (κ3) is 2.32. The van der Waals surface area contributed by atoms with E-state index < -0.39 is 9.84 Å². The molecule has 0 N–H and O–H groups in total. The van der Waals surface area contributed by atoms with Crippen molar-refractivity contribution in [1.82, 2.24) is 0 Å². The van der Waals surface area contributed by atoms with Crippen LogP contribution in [-0.4, -0.2) is 13.7 Å². The topological polar surface area (TPSA) is 34.1 Å². The second kappa shape index (κ2) is 3.58. The van der Waals surface area contributed by atoms with Crippen LogP contribution in [0.4, 0.5) is 0 Å². The zero-order valence-electron chi connectivity index (χ0n) is 7.15. The van der Waals surface area contributed by atoms with E-state index in [1.165, 1.54) is 11.3 Å². The van der Waals surface area contributed by atoms with E-state index in [1.54, 1.807) is 13.8 Å². The van der Waals surface area contributed by atoms with Crippen LogP contribution < -0.4 is 0 Å². The van der Waals surface area contributed by atoms with Gasteiger partial charge in [0.15, 0.2) is 9.84 Å². The van der Waals surface area contributed by atoms with Crippen molar-refractivity contribution in [1.29, 1.82) is 0 Å². The van der Waals surface area contributed by atoms with Gasteiger partial charge in [-0.3, -0.25) is 0 Å². The molecular formula is C8H12O2S2. The van der Waals surface area contributed by atoms with Crippen molar-refractivity contribution >= 4 is 21.2 Å². The van der Waals surface area contributed by atoms with Crippen LogP contribution in [0.15, 0.2) is 17.5 Å². The zero-order chi connectivity index (χ0) is 9.19. The Bertz CT molecular complexity index is 322. The van der Waals surface area contributed by atoms with Gasteiger partial charge in [-0.1, -0.05) is 6.07 Å². The molecular weight excluding hydrogens is 192 g/mol. The molecule has 0 spiro atoms. The molecule has 0 amide bonds. The van der Waals surface area contributed by atoms with E-state index in [9.17, 15) is 8.42 Å². The minimum atomic E-state index is -2.91. The van der Waals surface area contributed by atoms with Crippen molar-refractivity contribution in [3.8, 4) is 0 Å². The second-order valence-electron chi connectivity index (χ2n) is 2.94. The minimum Gasteiger partial charge on any atom is -0.228 e. The van der Waals surface area contributed by atoms with Crippen molar-refractivity contribution in [2.24, 2.45) is 0 Å². The first-order valence-electron chi connectivity index (χ1n) is 3.76. The second-order valence-corrected chi connectivity index (χ2v) is 6.52. The van der Waals surface area contributed by atoms with Gasteiger partial charge in [-0.05, 0) is 25.3 Å². The number of sulfone groups is 1. The lowest BCUT2D eigenvalue weighted by atomic mass is 10.5. The van der Waals surface area contributed by atoms with Crippen molar-refractivity contribution in [3.05, 3.63) is 22.4 Å². The summed E-state index contributed by atoms with van der Waals surface area (Å²) in [4.78, 5) is 0.920. The van der Waals surface area contributed by atoms with Gasteiger partial charge in [0, 0.05) is 4.88 Å². The van der Waals surface area contributed by atoms with Crippen LogP contribution in [0.2, 0.25) is 0 Å². The molecule has 1 aromatic rings. The first-order chi connectivity index (χ1) is 5.52. The summed E-state index contributed by atoms with van der Waals surface area (Å²) in [6.45, 7) is 3.42. The van der Waals surface area contributed by atoms with Crippen molar-refractivity contribution < 1.29 is 8.42 Å². The molecule has 0 unspecified atom stereocenters. The zero-order valence-corrected chi connectivity index (χ0v) is 8.78. The molecule has 0 aromatic carbocycles. The predicted octanol–water partition coefficient (Wildman–Crippen LogP) is 2.07. The Morgan fingerprint density at radius 3 is 2.58 bits per heavy atom. The highest BCUT2D eigenvalue weighted by Gasteiger charge is 2.16. The SMILES string of the molecule is CC(C)S(=O)(=O)Cc1cccs1. The summed E-state index contributed by atoms with van der Waals surface area (Å²) >= 11 is 1.49. The molecule has 0 atom stereocenters. The molecule has 68 valence electrons. The number of hydrogen-bond acceptors (Lipinski definition) is 3. The summed E-state index contributed by atoms with van der Waals surface area (Å²) in [7, 11) is -2.91. The van der Waals surface area contributed by atoms with Crippen LogP contribution in [0.5, 0.6) is 0 Å². The highest BCUT2D eigenvalue weighted by Crippen LogP contribution is 2.15. The Hall–Kier alpha value is -0.350. The van der Waals surface area contributed by atoms with Crippen LogP contribution in [0.25, 0.3) is 0 Å². The molecule has 0 fully saturated rings. The van der Waals surface area contributed by atoms with Crippen LogP contribution in [0, 0.1) is 0 Å². The number of thiophene rings is 1. The standard InChI is InChI=1S/C8H12O2S2/c1-7(2)12(9,10)6-8-4-3-5-11-8/h3-5,7H,6H2,1-2H3. The molecule has 0 radical (unpaired) electrons. The number of hydrogen-bond donors (Lipinski definition) is 0. The lowest BCUT2D eigenvalue weighted by molar-refractivity contribution is 0.587. The summed E-state index contributed by atoms with van der Waals surface area (Å²) in [6.07, 6.45) is 0. The Balaban J connectivity index is 2.77. The van der Waals surface area contributed by atoms with Gasteiger partial charge in [-0.25, -0.2) is 8.42 Å². The van der Waals surface area contributed by atoms with Gasteiger partial charge < -0.3 is 0 Å². The summed E-state index contributed by atoms with van der Waals surface area (Å²) in [5.74, 6) is 0.183. The van der Waals surface area contributed by atoms with E-state index in [0.717, 1.165) is 4.88 Å². The number of rotatable bonds is 3. The van der Waals surface area contributed by atoms with E-state index in [4.69, 9.17) is 0 Å². The van der Waals surface area contributed by atoms with Crippen LogP contribution in [0.3, 0.4) is 0 Å². The van der Waals surface area contributed by atoms with Gasteiger partial charge in [-0.2, -0.15) is 0 Å². The molecule has 2 nitrogen and oxygen atoms in total. The molecule has 0 saturated heterocycles. The van der Waals surface area contributed by atoms with Gasteiger partial charge in [0.25, 0.3) is 0 Å². The normalized spacial score (nSPS) is 12.2. The van der Waals surface area contributed by atoms with Gasteiger partial charge in [0.1, 0.15) is 0 Å². The van der Waals surface area contributed by atoms with Crippen molar-refractivity contribution in [2.45, 2.75) is 24.9 Å². The molecule has 0 aliphatic carbocycles. The Morgan fingerprint density at radius 1 is 1.50 bits per heavy atom. The van der Waals surface area contributed by atoms with Gasteiger partial charge >= 0.3 is 0 Å². The van der Waals surface area contributed by atoms with Gasteiger partial charge in [0.2, 0.25) is 0 Å². The third-order valence-corrected chi connectivity index (χ3v) is 4.85. The monoisotopic (exact) mass is 204 g/mol. The van der Waals surface area contributed by atoms with Crippen LogP contribution in [-0.2, 0) is 15.6 Å². The molecule has 0 bridgehead atoms. The Morgan fingerprint density at radius 2 is 2.17 bits per heavy atom. The van der Waals surface area contributed by atoms with Crippen LogP contribution in [0.1, 0.15) is 18.7 Å². The first kappa shape index (κ1) is 9.74. The first-order valence-corrected chi connectivity index (χ1v) is 6.36. The molecule has 1 aromatic heterocycles. The summed E-state index contributed by atoms with van der Waals surface area (Å²) in [6, 6.07) is 3.72. The fourth-order valence-corrected chi connectivity index (χ4v) is 2.84. The van der Waals surface area contributed by atoms with Crippen molar-refractivity contribution in [2.75, 3.05) is 0 Å². The van der Waals surface area contributed by atoms with E-state index in [1.807, 2.05) is 17.5 Å². The van der Waals surface area contributed by atoms with E-state index in [2.05, 4.69) is 0 Å². The minimum absolute atomic E-state index is 0.183. The van der Waals surface area contributed by atoms with E-state index >= 15 is 0 Å².